The highest BCUT2D eigenvalue weighted by Crippen LogP contribution is 2.46. The van der Waals surface area contributed by atoms with E-state index in [-0.39, 0.29) is 11.3 Å². The van der Waals surface area contributed by atoms with E-state index >= 15 is 0 Å². The van der Waals surface area contributed by atoms with Gasteiger partial charge >= 0.3 is 11.9 Å². The van der Waals surface area contributed by atoms with Gasteiger partial charge in [-0.2, -0.15) is 0 Å². The first-order chi connectivity index (χ1) is 8.62. The summed E-state index contributed by atoms with van der Waals surface area (Å²) in [4.78, 5) is 22.6. The average molecular weight is 272 g/mol. The van der Waals surface area contributed by atoms with Gasteiger partial charge in [0.05, 0.1) is 11.3 Å². The lowest BCUT2D eigenvalue weighted by Gasteiger charge is -2.41. The third-order valence-corrected chi connectivity index (χ3v) is 4.45. The van der Waals surface area contributed by atoms with Gasteiger partial charge in [-0.15, -0.1) is 0 Å². The summed E-state index contributed by atoms with van der Waals surface area (Å²) in [6.07, 6.45) is 2.89. The molecule has 0 saturated heterocycles. The van der Waals surface area contributed by atoms with Crippen LogP contribution in [-0.2, 0) is 9.59 Å². The van der Waals surface area contributed by atoms with E-state index < -0.39 is 17.4 Å². The zero-order chi connectivity index (χ0) is 15.3. The highest BCUT2D eigenvalue weighted by molar-refractivity contribution is 5.75. The highest BCUT2D eigenvalue weighted by atomic mass is 16.4. The molecule has 19 heavy (non-hydrogen) atoms. The summed E-state index contributed by atoms with van der Waals surface area (Å²) in [6, 6.07) is 0. The molecule has 0 amide bonds. The van der Waals surface area contributed by atoms with Crippen molar-refractivity contribution in [3.63, 3.8) is 0 Å². The van der Waals surface area contributed by atoms with Crippen molar-refractivity contribution in [1.29, 1.82) is 0 Å². The Kier molecular flexibility index (Phi) is 6.53. The first-order valence-electron chi connectivity index (χ1n) is 7.08. The van der Waals surface area contributed by atoms with E-state index in [0.29, 0.717) is 32.1 Å². The summed E-state index contributed by atoms with van der Waals surface area (Å²) in [6.45, 7) is 9.58. The van der Waals surface area contributed by atoms with Crippen molar-refractivity contribution < 1.29 is 19.8 Å². The van der Waals surface area contributed by atoms with Crippen LogP contribution in [0.15, 0.2) is 0 Å². The minimum absolute atomic E-state index is 0.335. The van der Waals surface area contributed by atoms with Crippen LogP contribution in [0.5, 0.6) is 0 Å². The molecule has 2 N–H and O–H groups in total. The van der Waals surface area contributed by atoms with Gasteiger partial charge in [-0.25, -0.2) is 0 Å². The molecule has 0 fully saturated rings. The van der Waals surface area contributed by atoms with Gasteiger partial charge in [0, 0.05) is 0 Å². The van der Waals surface area contributed by atoms with Crippen molar-refractivity contribution in [3.8, 4) is 0 Å². The Morgan fingerprint density at radius 1 is 1.11 bits per heavy atom. The summed E-state index contributed by atoms with van der Waals surface area (Å²) >= 11 is 0. The Balaban J connectivity index is 4.79. The lowest BCUT2D eigenvalue weighted by atomic mass is 9.62. The summed E-state index contributed by atoms with van der Waals surface area (Å²) in [7, 11) is 0. The molecule has 4 nitrogen and oxygen atoms in total. The Labute approximate surface area is 116 Å². The highest BCUT2D eigenvalue weighted by Gasteiger charge is 2.46. The molecule has 0 saturated carbocycles. The molecule has 0 aromatic carbocycles. The van der Waals surface area contributed by atoms with Crippen LogP contribution in [0.25, 0.3) is 0 Å². The smallest absolute Gasteiger partial charge is 0.310 e. The number of carbonyl (C=O) groups is 2. The van der Waals surface area contributed by atoms with Crippen LogP contribution in [0.1, 0.15) is 66.7 Å². The van der Waals surface area contributed by atoms with Gasteiger partial charge in [-0.3, -0.25) is 9.59 Å². The largest absolute Gasteiger partial charge is 0.481 e. The maximum Gasteiger partial charge on any atom is 0.310 e. The van der Waals surface area contributed by atoms with Crippen LogP contribution in [0.2, 0.25) is 0 Å². The van der Waals surface area contributed by atoms with Crippen molar-refractivity contribution in [3.05, 3.63) is 0 Å². The van der Waals surface area contributed by atoms with E-state index in [1.165, 1.54) is 0 Å². The molecule has 0 spiro atoms. The molecular formula is C15H28O4. The summed E-state index contributed by atoms with van der Waals surface area (Å²) in [5.41, 5.74) is -1.11. The second-order valence-electron chi connectivity index (χ2n) is 6.33. The maximum atomic E-state index is 11.7. The van der Waals surface area contributed by atoms with E-state index in [4.69, 9.17) is 5.11 Å². The van der Waals surface area contributed by atoms with Crippen LogP contribution in [0.4, 0.5) is 0 Å². The summed E-state index contributed by atoms with van der Waals surface area (Å²) in [5, 5.41) is 18.6. The molecule has 112 valence electrons. The Morgan fingerprint density at radius 3 is 1.89 bits per heavy atom. The topological polar surface area (TPSA) is 74.6 Å². The number of hydrogen-bond acceptors (Lipinski definition) is 2. The number of rotatable bonds is 8. The fraction of sp³-hybridized carbons (Fsp3) is 0.867. The van der Waals surface area contributed by atoms with Gasteiger partial charge < -0.3 is 10.2 Å². The van der Waals surface area contributed by atoms with Crippen LogP contribution in [0, 0.1) is 16.7 Å². The first-order valence-corrected chi connectivity index (χ1v) is 7.08. The van der Waals surface area contributed by atoms with E-state index in [1.807, 2.05) is 34.6 Å². The number of carboxylic acid groups (broad SMARTS) is 2. The Hall–Kier alpha value is -1.06. The molecule has 0 heterocycles. The third kappa shape index (κ3) is 4.22. The van der Waals surface area contributed by atoms with E-state index in [9.17, 15) is 14.7 Å². The van der Waals surface area contributed by atoms with Crippen molar-refractivity contribution in [2.24, 2.45) is 16.7 Å². The lowest BCUT2D eigenvalue weighted by molar-refractivity contribution is -0.157. The molecule has 0 aromatic heterocycles. The molecule has 0 bridgehead atoms. The molecule has 0 aromatic rings. The summed E-state index contributed by atoms with van der Waals surface area (Å²) < 4.78 is 0. The van der Waals surface area contributed by atoms with Crippen LogP contribution in [-0.4, -0.2) is 22.2 Å². The van der Waals surface area contributed by atoms with E-state index in [2.05, 4.69) is 0 Å². The van der Waals surface area contributed by atoms with Gasteiger partial charge in [0.2, 0.25) is 0 Å². The zero-order valence-electron chi connectivity index (χ0n) is 12.8. The van der Waals surface area contributed by atoms with E-state index in [0.717, 1.165) is 0 Å². The quantitative estimate of drug-likeness (QED) is 0.705. The van der Waals surface area contributed by atoms with Crippen molar-refractivity contribution in [1.82, 2.24) is 0 Å². The van der Waals surface area contributed by atoms with Crippen LogP contribution < -0.4 is 0 Å². The van der Waals surface area contributed by atoms with Gasteiger partial charge in [0.1, 0.15) is 0 Å². The first kappa shape index (κ1) is 17.9. The number of aliphatic carboxylic acids is 2. The molecular weight excluding hydrogens is 244 g/mol. The average Bonchev–Trinajstić information content (AvgIpc) is 2.26. The Bertz CT molecular complexity index is 317. The maximum absolute atomic E-state index is 11.7. The lowest BCUT2D eigenvalue weighted by Crippen LogP contribution is -2.42. The van der Waals surface area contributed by atoms with Crippen LogP contribution in [0.3, 0.4) is 0 Å². The van der Waals surface area contributed by atoms with Gasteiger partial charge in [-0.1, -0.05) is 41.0 Å². The Morgan fingerprint density at radius 2 is 1.63 bits per heavy atom. The number of carboxylic acids is 2. The molecule has 0 aliphatic rings. The standard InChI is InChI=1S/C15H28O4/c1-6-11(12(16)17)9-8-10-15(7-2,13(18)19)14(3,4)5/h11H,6-10H2,1-5H3,(H,16,17)(H,18,19). The minimum atomic E-state index is -0.782. The van der Waals surface area contributed by atoms with Crippen molar-refractivity contribution in [2.45, 2.75) is 66.7 Å². The minimum Gasteiger partial charge on any atom is -0.481 e. The molecule has 0 aliphatic heterocycles. The molecule has 2 unspecified atom stereocenters. The normalized spacial score (nSPS) is 16.7. The van der Waals surface area contributed by atoms with Gasteiger partial charge in [0.15, 0.2) is 0 Å². The fourth-order valence-corrected chi connectivity index (χ4v) is 2.81. The van der Waals surface area contributed by atoms with E-state index in [1.54, 1.807) is 0 Å². The molecule has 4 heteroatoms. The second kappa shape index (κ2) is 6.92. The molecule has 2 atom stereocenters. The predicted octanol–water partition coefficient (Wildman–Crippen LogP) is 3.79. The van der Waals surface area contributed by atoms with Crippen molar-refractivity contribution in [2.75, 3.05) is 0 Å². The second-order valence-corrected chi connectivity index (χ2v) is 6.33. The van der Waals surface area contributed by atoms with Gasteiger partial charge in [-0.05, 0) is 31.1 Å². The predicted molar refractivity (Wildman–Crippen MR) is 75.1 cm³/mol. The zero-order valence-corrected chi connectivity index (χ0v) is 12.8. The molecule has 0 radical (unpaired) electrons. The molecule has 0 rings (SSSR count). The van der Waals surface area contributed by atoms with Gasteiger partial charge in [0.25, 0.3) is 0 Å². The van der Waals surface area contributed by atoms with Crippen molar-refractivity contribution >= 4 is 11.9 Å². The summed E-state index contributed by atoms with van der Waals surface area (Å²) in [5.74, 6) is -1.91. The fourth-order valence-electron chi connectivity index (χ4n) is 2.81. The third-order valence-electron chi connectivity index (χ3n) is 4.45. The monoisotopic (exact) mass is 272 g/mol. The molecule has 0 aliphatic carbocycles. The number of hydrogen-bond donors (Lipinski definition) is 2. The van der Waals surface area contributed by atoms with Crippen LogP contribution >= 0.6 is 0 Å². The SMILES string of the molecule is CCC(CCCC(CC)(C(=O)O)C(C)(C)C)C(=O)O.